The lowest BCUT2D eigenvalue weighted by Crippen LogP contribution is -2.52. The highest BCUT2D eigenvalue weighted by atomic mass is 32.1. The van der Waals surface area contributed by atoms with Crippen molar-refractivity contribution < 1.29 is 4.74 Å². The smallest absolute Gasteiger partial charge is 0.123 e. The van der Waals surface area contributed by atoms with Gasteiger partial charge in [0.1, 0.15) is 5.75 Å². The third-order valence-electron chi connectivity index (χ3n) is 4.20. The molecule has 1 unspecified atom stereocenters. The minimum Gasteiger partial charge on any atom is -0.496 e. The van der Waals surface area contributed by atoms with Crippen LogP contribution < -0.4 is 10.5 Å². The standard InChI is InChI=1S/C16H25N3OS/c1-12-4-5-15(20-3)14(10-12)11-18-6-8-19(9-7-18)13(2)16(17)21/h4-5,10,13H,6-9,11H2,1-3H3,(H2,17,21). The molecule has 4 nitrogen and oxygen atoms in total. The average Bonchev–Trinajstić information content (AvgIpc) is 2.47. The molecule has 1 aliphatic rings. The van der Waals surface area contributed by atoms with Crippen LogP contribution in [-0.2, 0) is 6.54 Å². The molecule has 0 aliphatic carbocycles. The van der Waals surface area contributed by atoms with Gasteiger partial charge >= 0.3 is 0 Å². The van der Waals surface area contributed by atoms with Gasteiger partial charge in [-0.2, -0.15) is 0 Å². The van der Waals surface area contributed by atoms with E-state index in [9.17, 15) is 0 Å². The van der Waals surface area contributed by atoms with E-state index in [0.717, 1.165) is 38.5 Å². The Balaban J connectivity index is 1.95. The molecule has 0 spiro atoms. The van der Waals surface area contributed by atoms with E-state index in [-0.39, 0.29) is 6.04 Å². The first-order valence-corrected chi connectivity index (χ1v) is 7.81. The topological polar surface area (TPSA) is 41.7 Å². The fraction of sp³-hybridized carbons (Fsp3) is 0.562. The van der Waals surface area contributed by atoms with Gasteiger partial charge in [-0.05, 0) is 19.9 Å². The Morgan fingerprint density at radius 2 is 2.00 bits per heavy atom. The van der Waals surface area contributed by atoms with Crippen LogP contribution in [0.4, 0.5) is 0 Å². The summed E-state index contributed by atoms with van der Waals surface area (Å²) in [4.78, 5) is 5.40. The lowest BCUT2D eigenvalue weighted by molar-refractivity contribution is 0.117. The number of benzene rings is 1. The Morgan fingerprint density at radius 3 is 2.57 bits per heavy atom. The second-order valence-corrected chi connectivity index (χ2v) is 6.18. The van der Waals surface area contributed by atoms with Crippen LogP contribution in [0.5, 0.6) is 5.75 Å². The average molecular weight is 307 g/mol. The van der Waals surface area contributed by atoms with Gasteiger partial charge < -0.3 is 10.5 Å². The largest absolute Gasteiger partial charge is 0.496 e. The third-order valence-corrected chi connectivity index (χ3v) is 4.54. The Morgan fingerprint density at radius 1 is 1.33 bits per heavy atom. The molecule has 0 saturated carbocycles. The molecular formula is C16H25N3OS. The first kappa shape index (κ1) is 16.2. The maximum Gasteiger partial charge on any atom is 0.123 e. The van der Waals surface area contributed by atoms with Gasteiger partial charge in [0.2, 0.25) is 0 Å². The monoisotopic (exact) mass is 307 g/mol. The van der Waals surface area contributed by atoms with Gasteiger partial charge in [0, 0.05) is 38.3 Å². The van der Waals surface area contributed by atoms with Crippen molar-refractivity contribution in [1.29, 1.82) is 0 Å². The van der Waals surface area contributed by atoms with Crippen LogP contribution in [0.2, 0.25) is 0 Å². The second kappa shape index (κ2) is 7.20. The Kier molecular flexibility index (Phi) is 5.56. The first-order valence-electron chi connectivity index (χ1n) is 7.40. The van der Waals surface area contributed by atoms with E-state index in [4.69, 9.17) is 22.7 Å². The number of hydrogen-bond donors (Lipinski definition) is 1. The summed E-state index contributed by atoms with van der Waals surface area (Å²) in [5.74, 6) is 0.972. The predicted octanol–water partition coefficient (Wildman–Crippen LogP) is 1.80. The summed E-state index contributed by atoms with van der Waals surface area (Å²) < 4.78 is 5.46. The quantitative estimate of drug-likeness (QED) is 0.840. The van der Waals surface area contributed by atoms with Gasteiger partial charge in [-0.15, -0.1) is 0 Å². The Labute approximate surface area is 132 Å². The minimum absolute atomic E-state index is 0.190. The van der Waals surface area contributed by atoms with Crippen LogP contribution >= 0.6 is 12.2 Å². The Bertz CT molecular complexity index is 498. The number of thiocarbonyl (C=S) groups is 1. The van der Waals surface area contributed by atoms with Crippen molar-refractivity contribution in [2.24, 2.45) is 5.73 Å². The van der Waals surface area contributed by atoms with E-state index in [1.165, 1.54) is 11.1 Å². The first-order chi connectivity index (χ1) is 10.0. The molecule has 0 aromatic heterocycles. The molecule has 1 aromatic carbocycles. The Hall–Kier alpha value is -1.17. The fourth-order valence-corrected chi connectivity index (χ4v) is 2.91. The number of rotatable bonds is 5. The molecule has 1 saturated heterocycles. The van der Waals surface area contributed by atoms with Gasteiger partial charge in [0.15, 0.2) is 0 Å². The summed E-state index contributed by atoms with van der Waals surface area (Å²) in [6.45, 7) is 9.21. The SMILES string of the molecule is COc1ccc(C)cc1CN1CCN(C(C)C(N)=S)CC1. The van der Waals surface area contributed by atoms with E-state index < -0.39 is 0 Å². The number of nitrogens with two attached hydrogens (primary N) is 1. The highest BCUT2D eigenvalue weighted by Crippen LogP contribution is 2.22. The molecule has 116 valence electrons. The highest BCUT2D eigenvalue weighted by Gasteiger charge is 2.22. The van der Waals surface area contributed by atoms with Crippen LogP contribution in [0.3, 0.4) is 0 Å². The molecule has 1 aliphatic heterocycles. The maximum absolute atomic E-state index is 5.74. The number of methoxy groups -OCH3 is 1. The van der Waals surface area contributed by atoms with Crippen LogP contribution in [-0.4, -0.2) is 54.1 Å². The zero-order valence-electron chi connectivity index (χ0n) is 13.1. The molecule has 1 aromatic rings. The zero-order valence-corrected chi connectivity index (χ0v) is 13.9. The van der Waals surface area contributed by atoms with E-state index >= 15 is 0 Å². The molecule has 0 bridgehead atoms. The summed E-state index contributed by atoms with van der Waals surface area (Å²) in [6, 6.07) is 6.54. The lowest BCUT2D eigenvalue weighted by Gasteiger charge is -2.37. The number of piperazine rings is 1. The molecule has 0 amide bonds. The van der Waals surface area contributed by atoms with Crippen molar-refractivity contribution in [2.75, 3.05) is 33.3 Å². The van der Waals surface area contributed by atoms with Gasteiger partial charge in [0.05, 0.1) is 18.1 Å². The van der Waals surface area contributed by atoms with E-state index in [1.54, 1.807) is 7.11 Å². The normalized spacial score (nSPS) is 18.4. The van der Waals surface area contributed by atoms with Crippen molar-refractivity contribution in [3.8, 4) is 5.75 Å². The van der Waals surface area contributed by atoms with Crippen molar-refractivity contribution >= 4 is 17.2 Å². The number of hydrogen-bond acceptors (Lipinski definition) is 4. The number of ether oxygens (including phenoxy) is 1. The lowest BCUT2D eigenvalue weighted by atomic mass is 10.1. The van der Waals surface area contributed by atoms with Gasteiger partial charge in [-0.1, -0.05) is 29.9 Å². The molecule has 2 N–H and O–H groups in total. The fourth-order valence-electron chi connectivity index (χ4n) is 2.76. The minimum atomic E-state index is 0.190. The summed E-state index contributed by atoms with van der Waals surface area (Å²) in [6.07, 6.45) is 0. The number of nitrogens with zero attached hydrogens (tertiary/aromatic N) is 2. The second-order valence-electron chi connectivity index (χ2n) is 5.71. The molecular weight excluding hydrogens is 282 g/mol. The third kappa shape index (κ3) is 4.15. The molecule has 5 heteroatoms. The van der Waals surface area contributed by atoms with Crippen molar-refractivity contribution in [1.82, 2.24) is 9.80 Å². The van der Waals surface area contributed by atoms with E-state index in [0.29, 0.717) is 4.99 Å². The van der Waals surface area contributed by atoms with E-state index in [2.05, 4.69) is 41.8 Å². The molecule has 21 heavy (non-hydrogen) atoms. The summed E-state index contributed by atoms with van der Waals surface area (Å²) in [7, 11) is 1.73. The van der Waals surface area contributed by atoms with Crippen LogP contribution in [0.25, 0.3) is 0 Å². The molecule has 0 radical (unpaired) electrons. The van der Waals surface area contributed by atoms with Crippen LogP contribution in [0, 0.1) is 6.92 Å². The predicted molar refractivity (Wildman–Crippen MR) is 90.8 cm³/mol. The number of aryl methyl sites for hydroxylation is 1. The summed E-state index contributed by atoms with van der Waals surface area (Å²) >= 11 is 5.09. The van der Waals surface area contributed by atoms with Crippen molar-refractivity contribution in [3.63, 3.8) is 0 Å². The maximum atomic E-state index is 5.74. The van der Waals surface area contributed by atoms with Crippen molar-refractivity contribution in [3.05, 3.63) is 29.3 Å². The van der Waals surface area contributed by atoms with Crippen molar-refractivity contribution in [2.45, 2.75) is 26.4 Å². The van der Waals surface area contributed by atoms with Gasteiger partial charge in [-0.3, -0.25) is 9.80 Å². The summed E-state index contributed by atoms with van der Waals surface area (Å²) in [5, 5.41) is 0. The van der Waals surface area contributed by atoms with Gasteiger partial charge in [-0.25, -0.2) is 0 Å². The molecule has 1 heterocycles. The molecule has 1 atom stereocenters. The van der Waals surface area contributed by atoms with Gasteiger partial charge in [0.25, 0.3) is 0 Å². The van der Waals surface area contributed by atoms with E-state index in [1.807, 2.05) is 0 Å². The van der Waals surface area contributed by atoms with Crippen LogP contribution in [0.1, 0.15) is 18.1 Å². The molecule has 1 fully saturated rings. The highest BCUT2D eigenvalue weighted by molar-refractivity contribution is 7.80. The summed E-state index contributed by atoms with van der Waals surface area (Å²) in [5.41, 5.74) is 8.27. The van der Waals surface area contributed by atoms with Crippen LogP contribution in [0.15, 0.2) is 18.2 Å². The zero-order chi connectivity index (χ0) is 15.4. The molecule has 2 rings (SSSR count).